The molecule has 0 N–H and O–H groups in total. The van der Waals surface area contributed by atoms with Crippen LogP contribution in [0.15, 0.2) is 58.6 Å². The van der Waals surface area contributed by atoms with Gasteiger partial charge in [0, 0.05) is 35.4 Å². The molecule has 2 aromatic carbocycles. The highest BCUT2D eigenvalue weighted by molar-refractivity contribution is 6.66. The molecule has 4 atom stereocenters. The van der Waals surface area contributed by atoms with E-state index in [1.807, 2.05) is 0 Å². The van der Waals surface area contributed by atoms with Crippen LogP contribution in [0.2, 0.25) is 0 Å². The Balaban J connectivity index is 1.61. The predicted octanol–water partition coefficient (Wildman–Crippen LogP) is 5.19. The van der Waals surface area contributed by atoms with Gasteiger partial charge < -0.3 is 0 Å². The Morgan fingerprint density at radius 2 is 1.24 bits per heavy atom. The maximum atomic E-state index is 13.9. The van der Waals surface area contributed by atoms with E-state index >= 15 is 0 Å². The van der Waals surface area contributed by atoms with Crippen molar-refractivity contribution >= 4 is 104 Å². The molecular weight excluding hydrogens is 685 g/mol. The Hall–Kier alpha value is -3.00. The van der Waals surface area contributed by atoms with Crippen LogP contribution in [0.3, 0.4) is 0 Å². The second-order valence-electron chi connectivity index (χ2n) is 9.47. The van der Waals surface area contributed by atoms with Crippen LogP contribution in [0, 0.1) is 32.1 Å². The van der Waals surface area contributed by atoms with Gasteiger partial charge in [-0.05, 0) is 6.07 Å². The normalized spacial score (nSPS) is 27.3. The number of Topliss-reactive ketones (excluding diaryl/α,β-unsaturated/α-hetero) is 1. The first-order valence-electron chi connectivity index (χ1n) is 11.5. The van der Waals surface area contributed by atoms with Crippen LogP contribution >= 0.6 is 69.6 Å². The molecule has 0 aromatic heterocycles. The number of nitrogens with zero attached hydrogens (tertiary/aromatic N) is 4. The average molecular weight is 697 g/mol. The third kappa shape index (κ3) is 3.89. The molecular formula is C24H12Cl6N4O8. The Kier molecular flexibility index (Phi) is 7.28. The number of nitro benzene ring substituents is 2. The number of hydrogen-bond acceptors (Lipinski definition) is 8. The monoisotopic (exact) mass is 694 g/mol. The van der Waals surface area contributed by atoms with Crippen molar-refractivity contribution < 1.29 is 29.0 Å². The molecule has 1 saturated heterocycles. The number of hydrogen-bond donors (Lipinski definition) is 0. The predicted molar refractivity (Wildman–Crippen MR) is 151 cm³/mol. The van der Waals surface area contributed by atoms with E-state index in [4.69, 9.17) is 69.6 Å². The number of non-ortho nitro benzene ring substituents is 2. The van der Waals surface area contributed by atoms with Crippen molar-refractivity contribution in [2.75, 3.05) is 6.54 Å². The number of nitro groups is 2. The molecule has 42 heavy (non-hydrogen) atoms. The fraction of sp³-hybridized carbons (Fsp3) is 0.250. The average Bonchev–Trinajstić information content (AvgIpc) is 3.34. The second-order valence-corrected chi connectivity index (χ2v) is 12.7. The van der Waals surface area contributed by atoms with E-state index in [9.17, 15) is 39.4 Å². The van der Waals surface area contributed by atoms with E-state index in [1.165, 1.54) is 18.2 Å². The molecule has 5 rings (SSSR count). The zero-order chi connectivity index (χ0) is 31.1. The molecule has 2 aliphatic carbocycles. The van der Waals surface area contributed by atoms with Gasteiger partial charge in [0.2, 0.25) is 0 Å². The minimum Gasteiger partial charge on any atom is -0.292 e. The van der Waals surface area contributed by atoms with Crippen molar-refractivity contribution in [3.8, 4) is 0 Å². The number of carbonyl (C=O) groups is 4. The largest absolute Gasteiger partial charge is 0.292 e. The van der Waals surface area contributed by atoms with Crippen molar-refractivity contribution in [2.45, 2.75) is 14.1 Å². The number of ketones is 1. The smallest absolute Gasteiger partial charge is 0.273 e. The minimum absolute atomic E-state index is 0.240. The van der Waals surface area contributed by atoms with Gasteiger partial charge in [0.1, 0.15) is 16.3 Å². The summed E-state index contributed by atoms with van der Waals surface area (Å²) in [5.74, 6) is -7.75. The van der Waals surface area contributed by atoms with E-state index in [0.717, 1.165) is 30.3 Å². The molecule has 2 bridgehead atoms. The van der Waals surface area contributed by atoms with E-state index in [0.29, 0.717) is 10.0 Å². The van der Waals surface area contributed by atoms with Gasteiger partial charge in [-0.3, -0.25) is 39.4 Å². The number of rotatable bonds is 7. The number of amides is 3. The summed E-state index contributed by atoms with van der Waals surface area (Å²) < 4.78 is -2.27. The summed E-state index contributed by atoms with van der Waals surface area (Å²) in [5.41, 5.74) is -1.57. The highest BCUT2D eigenvalue weighted by Crippen LogP contribution is 2.77. The first-order chi connectivity index (χ1) is 19.5. The lowest BCUT2D eigenvalue weighted by Gasteiger charge is -2.36. The first-order valence-corrected chi connectivity index (χ1v) is 13.8. The summed E-state index contributed by atoms with van der Waals surface area (Å²) in [7, 11) is 0. The number of benzene rings is 2. The van der Waals surface area contributed by atoms with E-state index < -0.39 is 77.2 Å². The SMILES string of the molecule is O=C(CN(C(=O)c1cccc([N+](=O)[O-])c1)N1C(=O)[C@@H]2[C@H](C1=O)[C@@]1(Cl)C(Cl)=C(Cl)[C@@]2(Cl)C1(Cl)Cl)c1cccc([N+](=O)[O-])c1. The van der Waals surface area contributed by atoms with Gasteiger partial charge in [-0.15, -0.1) is 23.2 Å². The number of halogens is 6. The summed E-state index contributed by atoms with van der Waals surface area (Å²) in [6.45, 7) is -1.02. The fourth-order valence-electron chi connectivity index (χ4n) is 5.37. The van der Waals surface area contributed by atoms with Crippen LogP contribution in [0.4, 0.5) is 11.4 Å². The fourth-order valence-corrected chi connectivity index (χ4v) is 8.30. The molecule has 1 heterocycles. The molecule has 2 aromatic rings. The van der Waals surface area contributed by atoms with E-state index in [2.05, 4.69) is 0 Å². The van der Waals surface area contributed by atoms with Gasteiger partial charge in [0.05, 0.1) is 31.7 Å². The highest BCUT2D eigenvalue weighted by Gasteiger charge is 2.88. The standard InChI is InChI=1S/C24H12Cl6N4O8/c25-17-18(26)23(28)16-15(22(17,27)24(23,29)30)20(37)32(21(16)38)31(19(36)11-4-2-6-13(8-11)34(41)42)9-14(35)10-3-1-5-12(7-10)33(39)40/h1-8,15-16H,9H2/t15-,16+,22-,23-/m1/s1. The third-order valence-electron chi connectivity index (χ3n) is 7.34. The number of allylic oxidation sites excluding steroid dienone is 2. The van der Waals surface area contributed by atoms with Crippen LogP contribution in [0.1, 0.15) is 20.7 Å². The molecule has 1 aliphatic heterocycles. The van der Waals surface area contributed by atoms with Crippen LogP contribution in [0.25, 0.3) is 0 Å². The summed E-state index contributed by atoms with van der Waals surface area (Å²) in [6.07, 6.45) is 0. The summed E-state index contributed by atoms with van der Waals surface area (Å²) in [6, 6.07) is 8.78. The van der Waals surface area contributed by atoms with Crippen molar-refractivity contribution in [3.05, 3.63) is 90.0 Å². The maximum Gasteiger partial charge on any atom is 0.273 e. The van der Waals surface area contributed by atoms with Crippen LogP contribution < -0.4 is 0 Å². The number of hydrazine groups is 1. The van der Waals surface area contributed by atoms with Gasteiger partial charge in [0.15, 0.2) is 10.1 Å². The van der Waals surface area contributed by atoms with Gasteiger partial charge in [-0.1, -0.05) is 64.6 Å². The van der Waals surface area contributed by atoms with E-state index in [1.54, 1.807) is 0 Å². The summed E-state index contributed by atoms with van der Waals surface area (Å²) in [5, 5.41) is 22.5. The van der Waals surface area contributed by atoms with Crippen molar-refractivity contribution in [1.82, 2.24) is 10.0 Å². The van der Waals surface area contributed by atoms with Crippen molar-refractivity contribution in [1.29, 1.82) is 0 Å². The van der Waals surface area contributed by atoms with Gasteiger partial charge in [-0.25, -0.2) is 5.01 Å². The molecule has 0 spiro atoms. The Morgan fingerprint density at radius 3 is 1.69 bits per heavy atom. The molecule has 218 valence electrons. The minimum atomic E-state index is -2.27. The Bertz CT molecular complexity index is 1640. The van der Waals surface area contributed by atoms with Gasteiger partial charge in [-0.2, -0.15) is 5.01 Å². The summed E-state index contributed by atoms with van der Waals surface area (Å²) >= 11 is 39.1. The van der Waals surface area contributed by atoms with Crippen molar-refractivity contribution in [2.24, 2.45) is 11.8 Å². The molecule has 3 amide bonds. The zero-order valence-corrected chi connectivity index (χ0v) is 24.8. The Labute approximate surface area is 264 Å². The van der Waals surface area contributed by atoms with E-state index in [-0.39, 0.29) is 21.2 Å². The number of carbonyl (C=O) groups excluding carboxylic acids is 4. The highest BCUT2D eigenvalue weighted by atomic mass is 35.5. The number of fused-ring (bicyclic) bond motifs is 5. The molecule has 18 heteroatoms. The molecule has 12 nitrogen and oxygen atoms in total. The molecule has 0 radical (unpaired) electrons. The van der Waals surface area contributed by atoms with Crippen molar-refractivity contribution in [3.63, 3.8) is 0 Å². The lowest BCUT2D eigenvalue weighted by atomic mass is 9.84. The lowest BCUT2D eigenvalue weighted by Crippen LogP contribution is -2.56. The molecule has 2 fully saturated rings. The van der Waals surface area contributed by atoms with Crippen LogP contribution in [-0.4, -0.2) is 64.0 Å². The topological polar surface area (TPSA) is 161 Å². The summed E-state index contributed by atoms with van der Waals surface area (Å²) in [4.78, 5) is 71.5. The zero-order valence-electron chi connectivity index (χ0n) is 20.3. The number of alkyl halides is 4. The van der Waals surface area contributed by atoms with Gasteiger partial charge in [0.25, 0.3) is 29.1 Å². The Morgan fingerprint density at radius 1 is 0.810 bits per heavy atom. The molecule has 3 aliphatic rings. The number of imide groups is 1. The first kappa shape index (κ1) is 30.5. The van der Waals surface area contributed by atoms with Crippen LogP contribution in [0.5, 0.6) is 0 Å². The lowest BCUT2D eigenvalue weighted by molar-refractivity contribution is -0.385. The molecule has 0 unspecified atom stereocenters. The third-order valence-corrected chi connectivity index (χ3v) is 11.6. The van der Waals surface area contributed by atoms with Gasteiger partial charge >= 0.3 is 0 Å². The van der Waals surface area contributed by atoms with Crippen LogP contribution in [-0.2, 0) is 9.59 Å². The maximum absolute atomic E-state index is 13.9. The quantitative estimate of drug-likeness (QED) is 0.126. The molecule has 1 saturated carbocycles. The second kappa shape index (κ2) is 10.0.